The fourth-order valence-electron chi connectivity index (χ4n) is 1.48. The molecule has 0 aliphatic heterocycles. The predicted octanol–water partition coefficient (Wildman–Crippen LogP) is 1.52. The van der Waals surface area contributed by atoms with E-state index in [1.165, 1.54) is 7.05 Å². The number of nitrogen functional groups attached to an aromatic ring is 1. The van der Waals surface area contributed by atoms with Gasteiger partial charge in [0.15, 0.2) is 5.69 Å². The largest absolute Gasteiger partial charge is 0.437 e. The van der Waals surface area contributed by atoms with Crippen LogP contribution in [0.1, 0.15) is 16.1 Å². The zero-order valence-electron chi connectivity index (χ0n) is 10.7. The van der Waals surface area contributed by atoms with Crippen LogP contribution in [0, 0.1) is 6.92 Å². The van der Waals surface area contributed by atoms with Gasteiger partial charge in [-0.3, -0.25) is 4.79 Å². The van der Waals surface area contributed by atoms with E-state index in [1.54, 1.807) is 30.3 Å². The van der Waals surface area contributed by atoms with E-state index >= 15 is 0 Å². The first kappa shape index (κ1) is 12.8. The van der Waals surface area contributed by atoms with Gasteiger partial charge in [-0.25, -0.2) is 0 Å². The molecule has 19 heavy (non-hydrogen) atoms. The van der Waals surface area contributed by atoms with Crippen molar-refractivity contribution in [1.82, 2.24) is 15.5 Å². The van der Waals surface area contributed by atoms with Crippen molar-refractivity contribution in [3.8, 4) is 11.6 Å². The summed E-state index contributed by atoms with van der Waals surface area (Å²) in [5.74, 6) is 0.627. The number of nitrogens with zero attached hydrogens (tertiary/aromatic N) is 2. The molecule has 1 aromatic heterocycles. The minimum atomic E-state index is -0.292. The van der Waals surface area contributed by atoms with Crippen molar-refractivity contribution in [3.63, 3.8) is 0 Å². The van der Waals surface area contributed by atoms with Crippen LogP contribution in [0.2, 0.25) is 0 Å². The molecule has 2 aromatic rings. The number of nitrogens with one attached hydrogen (secondary N) is 1. The Balaban J connectivity index is 2.20. The van der Waals surface area contributed by atoms with E-state index in [1.807, 2.05) is 6.92 Å². The van der Waals surface area contributed by atoms with Crippen LogP contribution in [-0.4, -0.2) is 23.2 Å². The lowest BCUT2D eigenvalue weighted by molar-refractivity contribution is 0.0957. The van der Waals surface area contributed by atoms with Gasteiger partial charge in [0, 0.05) is 24.4 Å². The number of hydrogen-bond acceptors (Lipinski definition) is 5. The second kappa shape index (κ2) is 5.34. The molecular formula is C13H14N4O2. The van der Waals surface area contributed by atoms with Crippen LogP contribution in [0.25, 0.3) is 0 Å². The molecule has 1 amide bonds. The molecular weight excluding hydrogens is 244 g/mol. The van der Waals surface area contributed by atoms with Gasteiger partial charge >= 0.3 is 0 Å². The summed E-state index contributed by atoms with van der Waals surface area (Å²) in [6.45, 7) is 1.86. The topological polar surface area (TPSA) is 90.1 Å². The van der Waals surface area contributed by atoms with Gasteiger partial charge in [-0.1, -0.05) is 6.07 Å². The Morgan fingerprint density at radius 3 is 2.68 bits per heavy atom. The average molecular weight is 258 g/mol. The van der Waals surface area contributed by atoms with Crippen LogP contribution in [0.3, 0.4) is 0 Å². The quantitative estimate of drug-likeness (QED) is 0.814. The van der Waals surface area contributed by atoms with E-state index in [0.29, 0.717) is 17.3 Å². The third-order valence-corrected chi connectivity index (χ3v) is 2.64. The molecule has 0 spiro atoms. The van der Waals surface area contributed by atoms with Crippen LogP contribution in [-0.2, 0) is 0 Å². The predicted molar refractivity (Wildman–Crippen MR) is 71.1 cm³/mol. The molecule has 0 fully saturated rings. The van der Waals surface area contributed by atoms with E-state index in [-0.39, 0.29) is 11.6 Å². The zero-order chi connectivity index (χ0) is 13.8. The van der Waals surface area contributed by atoms with Gasteiger partial charge in [-0.2, -0.15) is 0 Å². The second-order valence-electron chi connectivity index (χ2n) is 3.91. The Bertz CT molecular complexity index is 596. The van der Waals surface area contributed by atoms with E-state index in [2.05, 4.69) is 15.5 Å². The molecule has 0 bridgehead atoms. The molecule has 0 saturated carbocycles. The van der Waals surface area contributed by atoms with Gasteiger partial charge in [0.05, 0.1) is 0 Å². The summed E-state index contributed by atoms with van der Waals surface area (Å²) in [7, 11) is 1.53. The number of nitrogens with two attached hydrogens (primary N) is 1. The molecule has 6 heteroatoms. The average Bonchev–Trinajstić information content (AvgIpc) is 2.44. The Morgan fingerprint density at radius 2 is 2.05 bits per heavy atom. The summed E-state index contributed by atoms with van der Waals surface area (Å²) in [4.78, 5) is 11.3. The number of carbonyl (C=O) groups excluding carboxylic acids is 1. The molecule has 3 N–H and O–H groups in total. The van der Waals surface area contributed by atoms with E-state index < -0.39 is 0 Å². The Morgan fingerprint density at radius 1 is 1.26 bits per heavy atom. The first-order valence-corrected chi connectivity index (χ1v) is 5.70. The van der Waals surface area contributed by atoms with Crippen molar-refractivity contribution >= 4 is 11.6 Å². The second-order valence-corrected chi connectivity index (χ2v) is 3.91. The highest BCUT2D eigenvalue weighted by Gasteiger charge is 2.08. The van der Waals surface area contributed by atoms with Gasteiger partial charge in [-0.15, -0.1) is 10.2 Å². The van der Waals surface area contributed by atoms with Crippen LogP contribution in [0.5, 0.6) is 11.6 Å². The molecule has 2 rings (SSSR count). The number of amides is 1. The maximum absolute atomic E-state index is 11.3. The van der Waals surface area contributed by atoms with E-state index in [0.717, 1.165) is 5.56 Å². The molecule has 0 radical (unpaired) electrons. The number of ether oxygens (including phenoxy) is 1. The van der Waals surface area contributed by atoms with Crippen molar-refractivity contribution in [2.24, 2.45) is 0 Å². The number of anilines is 1. The maximum atomic E-state index is 11.3. The summed E-state index contributed by atoms with van der Waals surface area (Å²) in [5, 5.41) is 10.1. The lowest BCUT2D eigenvalue weighted by Gasteiger charge is -2.09. The van der Waals surface area contributed by atoms with Crippen LogP contribution in [0.4, 0.5) is 5.69 Å². The molecule has 0 unspecified atom stereocenters. The number of carbonyl (C=O) groups is 1. The monoisotopic (exact) mass is 258 g/mol. The fraction of sp³-hybridized carbons (Fsp3) is 0.154. The van der Waals surface area contributed by atoms with Gasteiger partial charge in [0.25, 0.3) is 5.91 Å². The number of benzene rings is 1. The van der Waals surface area contributed by atoms with Gasteiger partial charge in [0.2, 0.25) is 5.88 Å². The summed E-state index contributed by atoms with van der Waals surface area (Å²) in [5.41, 5.74) is 7.50. The normalized spacial score (nSPS) is 10.0. The van der Waals surface area contributed by atoms with E-state index in [9.17, 15) is 4.79 Å². The third kappa shape index (κ3) is 2.79. The minimum Gasteiger partial charge on any atom is -0.437 e. The van der Waals surface area contributed by atoms with Crippen molar-refractivity contribution in [1.29, 1.82) is 0 Å². The molecule has 0 aliphatic carbocycles. The third-order valence-electron chi connectivity index (χ3n) is 2.64. The van der Waals surface area contributed by atoms with Gasteiger partial charge in [-0.05, 0) is 25.1 Å². The van der Waals surface area contributed by atoms with E-state index in [4.69, 9.17) is 10.5 Å². The molecule has 98 valence electrons. The van der Waals surface area contributed by atoms with Crippen LogP contribution >= 0.6 is 0 Å². The van der Waals surface area contributed by atoms with Crippen LogP contribution < -0.4 is 15.8 Å². The summed E-state index contributed by atoms with van der Waals surface area (Å²) < 4.78 is 5.57. The smallest absolute Gasteiger partial charge is 0.271 e. The highest BCUT2D eigenvalue weighted by Crippen LogP contribution is 2.26. The number of hydrogen-bond donors (Lipinski definition) is 2. The maximum Gasteiger partial charge on any atom is 0.271 e. The Labute approximate surface area is 110 Å². The Hall–Kier alpha value is -2.63. The Kier molecular flexibility index (Phi) is 3.61. The number of aromatic nitrogens is 2. The summed E-state index contributed by atoms with van der Waals surface area (Å²) in [6.07, 6.45) is 0. The van der Waals surface area contributed by atoms with Crippen LogP contribution in [0.15, 0.2) is 30.3 Å². The lowest BCUT2D eigenvalue weighted by Crippen LogP contribution is -2.19. The number of rotatable bonds is 3. The van der Waals surface area contributed by atoms with Crippen molar-refractivity contribution in [3.05, 3.63) is 41.6 Å². The van der Waals surface area contributed by atoms with Crippen molar-refractivity contribution < 1.29 is 9.53 Å². The standard InChI is InChI=1S/C13H14N4O2/c1-8-9(14)4-3-5-11(8)19-12-7-6-10(16-17-12)13(18)15-2/h3-7H,14H2,1-2H3,(H,15,18). The van der Waals surface area contributed by atoms with Crippen molar-refractivity contribution in [2.75, 3.05) is 12.8 Å². The van der Waals surface area contributed by atoms with Crippen molar-refractivity contribution in [2.45, 2.75) is 6.92 Å². The summed E-state index contributed by atoms with van der Waals surface area (Å²) in [6, 6.07) is 8.51. The first-order valence-electron chi connectivity index (χ1n) is 5.70. The highest BCUT2D eigenvalue weighted by molar-refractivity contribution is 5.91. The minimum absolute atomic E-state index is 0.235. The molecule has 0 saturated heterocycles. The molecule has 1 heterocycles. The molecule has 1 aromatic carbocycles. The van der Waals surface area contributed by atoms with Gasteiger partial charge in [0.1, 0.15) is 5.75 Å². The molecule has 0 atom stereocenters. The van der Waals surface area contributed by atoms with Gasteiger partial charge < -0.3 is 15.8 Å². The molecule has 6 nitrogen and oxygen atoms in total. The SMILES string of the molecule is CNC(=O)c1ccc(Oc2cccc(N)c2C)nn1. The first-order chi connectivity index (χ1) is 9.11. The molecule has 0 aliphatic rings. The summed E-state index contributed by atoms with van der Waals surface area (Å²) >= 11 is 0. The lowest BCUT2D eigenvalue weighted by atomic mass is 10.2. The fourth-order valence-corrected chi connectivity index (χ4v) is 1.48. The highest BCUT2D eigenvalue weighted by atomic mass is 16.5. The zero-order valence-corrected chi connectivity index (χ0v) is 10.7.